The summed E-state index contributed by atoms with van der Waals surface area (Å²) in [4.78, 5) is 14.0. The molecule has 1 aromatic carbocycles. The summed E-state index contributed by atoms with van der Waals surface area (Å²) >= 11 is 3.54. The number of nitrogens with zero attached hydrogens (tertiary/aromatic N) is 1. The highest BCUT2D eigenvalue weighted by Gasteiger charge is 2.26. The Balaban J connectivity index is 2.15. The van der Waals surface area contributed by atoms with Crippen LogP contribution in [0.15, 0.2) is 22.7 Å². The van der Waals surface area contributed by atoms with Crippen molar-refractivity contribution < 1.29 is 9.90 Å². The maximum absolute atomic E-state index is 11.7. The monoisotopic (exact) mass is 326 g/mol. The maximum atomic E-state index is 11.7. The zero-order valence-electron chi connectivity index (χ0n) is 11.0. The Bertz CT molecular complexity index is 465. The van der Waals surface area contributed by atoms with Gasteiger partial charge in [0.25, 0.3) is 0 Å². The Kier molecular flexibility index (Phi) is 4.82. The summed E-state index contributed by atoms with van der Waals surface area (Å²) < 4.78 is 0.969. The van der Waals surface area contributed by atoms with Crippen LogP contribution < -0.4 is 10.2 Å². The van der Waals surface area contributed by atoms with Crippen LogP contribution in [0.5, 0.6) is 0 Å². The summed E-state index contributed by atoms with van der Waals surface area (Å²) in [5.74, 6) is 0.177. The number of aliphatic hydroxyl groups excluding tert-OH is 1. The number of carbonyl (C=O) groups is 1. The van der Waals surface area contributed by atoms with E-state index in [1.165, 1.54) is 0 Å². The largest absolute Gasteiger partial charge is 0.392 e. The second kappa shape index (κ2) is 6.39. The highest BCUT2D eigenvalue weighted by atomic mass is 79.9. The standard InChI is InChI=1S/C14H19BrN2O2/c1-16-14(19)11-3-2-6-17(8-11)13-5-4-10(9-18)7-12(13)15/h4-5,7,11,18H,2-3,6,8-9H2,1H3,(H,16,19). The number of carbonyl (C=O) groups excluding carboxylic acids is 1. The van der Waals surface area contributed by atoms with Crippen molar-refractivity contribution >= 4 is 27.5 Å². The Morgan fingerprint density at radius 3 is 3.00 bits per heavy atom. The number of aliphatic hydroxyl groups is 1. The molecule has 5 heteroatoms. The van der Waals surface area contributed by atoms with Gasteiger partial charge in [0, 0.05) is 24.6 Å². The quantitative estimate of drug-likeness (QED) is 0.892. The molecular weight excluding hydrogens is 308 g/mol. The van der Waals surface area contributed by atoms with E-state index in [9.17, 15) is 4.79 Å². The number of hydrogen-bond donors (Lipinski definition) is 2. The van der Waals surface area contributed by atoms with Gasteiger partial charge in [-0.15, -0.1) is 0 Å². The van der Waals surface area contributed by atoms with Crippen molar-refractivity contribution in [2.75, 3.05) is 25.0 Å². The average molecular weight is 327 g/mol. The van der Waals surface area contributed by atoms with Crippen LogP contribution in [-0.4, -0.2) is 31.2 Å². The minimum atomic E-state index is 0.0414. The fourth-order valence-corrected chi connectivity index (χ4v) is 3.20. The van der Waals surface area contributed by atoms with Crippen molar-refractivity contribution in [2.24, 2.45) is 5.92 Å². The van der Waals surface area contributed by atoms with E-state index in [0.29, 0.717) is 0 Å². The van der Waals surface area contributed by atoms with Crippen LogP contribution in [0.4, 0.5) is 5.69 Å². The van der Waals surface area contributed by atoms with Gasteiger partial charge in [0.05, 0.1) is 18.2 Å². The normalized spacial score (nSPS) is 19.3. The first kappa shape index (κ1) is 14.3. The number of amides is 1. The second-order valence-corrected chi connectivity index (χ2v) is 5.70. The number of benzene rings is 1. The van der Waals surface area contributed by atoms with E-state index in [1.54, 1.807) is 7.05 Å². The van der Waals surface area contributed by atoms with Gasteiger partial charge < -0.3 is 15.3 Å². The van der Waals surface area contributed by atoms with Crippen LogP contribution in [-0.2, 0) is 11.4 Å². The molecule has 0 radical (unpaired) electrons. The fraction of sp³-hybridized carbons (Fsp3) is 0.500. The van der Waals surface area contributed by atoms with E-state index >= 15 is 0 Å². The number of nitrogens with one attached hydrogen (secondary N) is 1. The molecule has 1 saturated heterocycles. The SMILES string of the molecule is CNC(=O)C1CCCN(c2ccc(CO)cc2Br)C1. The van der Waals surface area contributed by atoms with Crippen molar-refractivity contribution in [3.05, 3.63) is 28.2 Å². The lowest BCUT2D eigenvalue weighted by Crippen LogP contribution is -2.42. The maximum Gasteiger partial charge on any atom is 0.224 e. The van der Waals surface area contributed by atoms with Gasteiger partial charge in [-0.05, 0) is 46.5 Å². The van der Waals surface area contributed by atoms with Gasteiger partial charge in [0.1, 0.15) is 0 Å². The van der Waals surface area contributed by atoms with Gasteiger partial charge in [-0.25, -0.2) is 0 Å². The molecule has 0 saturated carbocycles. The lowest BCUT2D eigenvalue weighted by Gasteiger charge is -2.34. The lowest BCUT2D eigenvalue weighted by molar-refractivity contribution is -0.124. The highest BCUT2D eigenvalue weighted by molar-refractivity contribution is 9.10. The van der Waals surface area contributed by atoms with E-state index in [4.69, 9.17) is 5.11 Å². The number of halogens is 1. The number of rotatable bonds is 3. The van der Waals surface area contributed by atoms with Crippen molar-refractivity contribution in [3.63, 3.8) is 0 Å². The molecule has 0 spiro atoms. The molecule has 1 unspecified atom stereocenters. The van der Waals surface area contributed by atoms with Crippen molar-refractivity contribution in [1.82, 2.24) is 5.32 Å². The molecule has 1 heterocycles. The number of anilines is 1. The van der Waals surface area contributed by atoms with Crippen LogP contribution in [0.3, 0.4) is 0 Å². The molecule has 1 amide bonds. The zero-order valence-corrected chi connectivity index (χ0v) is 12.6. The summed E-state index contributed by atoms with van der Waals surface area (Å²) in [5, 5.41) is 11.9. The molecular formula is C14H19BrN2O2. The smallest absolute Gasteiger partial charge is 0.224 e. The molecule has 0 bridgehead atoms. The Hall–Kier alpha value is -1.07. The van der Waals surface area contributed by atoms with E-state index in [-0.39, 0.29) is 18.4 Å². The molecule has 104 valence electrons. The minimum absolute atomic E-state index is 0.0414. The topological polar surface area (TPSA) is 52.6 Å². The van der Waals surface area contributed by atoms with Crippen LogP contribution in [0, 0.1) is 5.92 Å². The summed E-state index contributed by atoms with van der Waals surface area (Å²) in [6.45, 7) is 1.75. The van der Waals surface area contributed by atoms with Crippen molar-refractivity contribution in [2.45, 2.75) is 19.4 Å². The van der Waals surface area contributed by atoms with Gasteiger partial charge in [-0.1, -0.05) is 6.07 Å². The zero-order chi connectivity index (χ0) is 13.8. The molecule has 1 fully saturated rings. The molecule has 2 rings (SSSR count). The molecule has 2 N–H and O–H groups in total. The Labute approximate surface area is 121 Å². The number of hydrogen-bond acceptors (Lipinski definition) is 3. The first-order valence-electron chi connectivity index (χ1n) is 6.51. The third-order valence-corrected chi connectivity index (χ3v) is 4.21. The Morgan fingerprint density at radius 2 is 2.37 bits per heavy atom. The highest BCUT2D eigenvalue weighted by Crippen LogP contribution is 2.31. The van der Waals surface area contributed by atoms with Gasteiger partial charge in [-0.2, -0.15) is 0 Å². The molecule has 19 heavy (non-hydrogen) atoms. The van der Waals surface area contributed by atoms with Gasteiger partial charge in [0.2, 0.25) is 5.91 Å². The lowest BCUT2D eigenvalue weighted by atomic mass is 9.96. The van der Waals surface area contributed by atoms with Crippen molar-refractivity contribution in [1.29, 1.82) is 0 Å². The first-order chi connectivity index (χ1) is 9.15. The fourth-order valence-electron chi connectivity index (χ4n) is 2.52. The van der Waals surface area contributed by atoms with Crippen LogP contribution >= 0.6 is 15.9 Å². The molecule has 1 aromatic rings. The minimum Gasteiger partial charge on any atom is -0.392 e. The molecule has 1 atom stereocenters. The third kappa shape index (κ3) is 3.28. The molecule has 1 aliphatic heterocycles. The summed E-state index contributed by atoms with van der Waals surface area (Å²) in [6.07, 6.45) is 1.97. The van der Waals surface area contributed by atoms with E-state index in [2.05, 4.69) is 26.1 Å². The molecule has 4 nitrogen and oxygen atoms in total. The van der Waals surface area contributed by atoms with E-state index in [1.807, 2.05) is 18.2 Å². The summed E-state index contributed by atoms with van der Waals surface area (Å²) in [7, 11) is 1.69. The average Bonchev–Trinajstić information content (AvgIpc) is 2.46. The molecule has 0 aliphatic carbocycles. The second-order valence-electron chi connectivity index (χ2n) is 4.84. The number of piperidine rings is 1. The van der Waals surface area contributed by atoms with Gasteiger partial charge >= 0.3 is 0 Å². The third-order valence-electron chi connectivity index (χ3n) is 3.57. The van der Waals surface area contributed by atoms with Crippen molar-refractivity contribution in [3.8, 4) is 0 Å². The van der Waals surface area contributed by atoms with Gasteiger partial charge in [0.15, 0.2) is 0 Å². The van der Waals surface area contributed by atoms with Crippen LogP contribution in [0.2, 0.25) is 0 Å². The molecule has 1 aliphatic rings. The van der Waals surface area contributed by atoms with E-state index in [0.717, 1.165) is 41.7 Å². The predicted molar refractivity (Wildman–Crippen MR) is 79.1 cm³/mol. The van der Waals surface area contributed by atoms with Crippen LogP contribution in [0.1, 0.15) is 18.4 Å². The van der Waals surface area contributed by atoms with Gasteiger partial charge in [-0.3, -0.25) is 4.79 Å². The van der Waals surface area contributed by atoms with E-state index < -0.39 is 0 Å². The Morgan fingerprint density at radius 1 is 1.58 bits per heavy atom. The van der Waals surface area contributed by atoms with Crippen LogP contribution in [0.25, 0.3) is 0 Å². The molecule has 0 aromatic heterocycles. The predicted octanol–water partition coefficient (Wildman–Crippen LogP) is 1.90. The first-order valence-corrected chi connectivity index (χ1v) is 7.31. The summed E-state index contributed by atoms with van der Waals surface area (Å²) in [5.41, 5.74) is 1.97. The summed E-state index contributed by atoms with van der Waals surface area (Å²) in [6, 6.07) is 5.85.